The van der Waals surface area contributed by atoms with Gasteiger partial charge in [0.15, 0.2) is 5.78 Å². The van der Waals surface area contributed by atoms with Crippen LogP contribution in [0.5, 0.6) is 0 Å². The minimum atomic E-state index is -0.879. The molecule has 1 saturated carbocycles. The Bertz CT molecular complexity index is 315. The number of carboxylic acid groups (broad SMARTS) is 1. The number of hydrogen-bond acceptors (Lipinski definition) is 4. The minimum absolute atomic E-state index is 0.0126. The van der Waals surface area contributed by atoms with Gasteiger partial charge in [0, 0.05) is 15.9 Å². The van der Waals surface area contributed by atoms with Gasteiger partial charge in [-0.25, -0.2) is 0 Å². The Balaban J connectivity index is 2.32. The van der Waals surface area contributed by atoms with E-state index in [0.717, 1.165) is 0 Å². The summed E-state index contributed by atoms with van der Waals surface area (Å²) >= 11 is 1.54. The van der Waals surface area contributed by atoms with Crippen LogP contribution in [0.15, 0.2) is 0 Å². The molecule has 1 aliphatic carbocycles. The van der Waals surface area contributed by atoms with Crippen molar-refractivity contribution in [1.82, 2.24) is 0 Å². The molecule has 2 aliphatic rings. The van der Waals surface area contributed by atoms with E-state index in [1.54, 1.807) is 0 Å². The first kappa shape index (κ1) is 9.98. The lowest BCUT2D eigenvalue weighted by molar-refractivity contribution is -0.150. The molecule has 3 N–H and O–H groups in total. The van der Waals surface area contributed by atoms with Gasteiger partial charge in [-0.15, -0.1) is 11.8 Å². The highest BCUT2D eigenvalue weighted by Gasteiger charge is 2.64. The SMILES string of the molecule is CC1(C)SC2C(N)C(=O)C2C1C(=O)O. The molecule has 4 atom stereocenters. The van der Waals surface area contributed by atoms with Crippen LogP contribution in [0.4, 0.5) is 0 Å². The third-order valence-corrected chi connectivity index (χ3v) is 4.90. The first-order chi connectivity index (χ1) is 6.36. The maximum absolute atomic E-state index is 11.4. The molecule has 1 saturated heterocycles. The fourth-order valence-corrected chi connectivity index (χ4v) is 4.27. The van der Waals surface area contributed by atoms with Crippen LogP contribution in [0.3, 0.4) is 0 Å². The van der Waals surface area contributed by atoms with Gasteiger partial charge in [0.2, 0.25) is 0 Å². The quantitative estimate of drug-likeness (QED) is 0.648. The molecule has 14 heavy (non-hydrogen) atoms. The molecule has 0 bridgehead atoms. The molecule has 0 spiro atoms. The molecule has 0 aromatic heterocycles. The number of nitrogens with two attached hydrogens (primary N) is 1. The van der Waals surface area contributed by atoms with Gasteiger partial charge in [-0.2, -0.15) is 0 Å². The number of carbonyl (C=O) groups is 2. The molecule has 0 amide bonds. The van der Waals surface area contributed by atoms with Crippen molar-refractivity contribution >= 4 is 23.5 Å². The van der Waals surface area contributed by atoms with E-state index in [9.17, 15) is 9.59 Å². The van der Waals surface area contributed by atoms with Gasteiger partial charge in [0.05, 0.1) is 12.0 Å². The van der Waals surface area contributed by atoms with E-state index in [4.69, 9.17) is 10.8 Å². The van der Waals surface area contributed by atoms with E-state index in [-0.39, 0.29) is 21.7 Å². The largest absolute Gasteiger partial charge is 0.481 e. The number of rotatable bonds is 1. The summed E-state index contributed by atoms with van der Waals surface area (Å²) < 4.78 is -0.384. The highest BCUT2D eigenvalue weighted by atomic mass is 32.2. The fraction of sp³-hybridized carbons (Fsp3) is 0.778. The third-order valence-electron chi connectivity index (χ3n) is 3.18. The smallest absolute Gasteiger partial charge is 0.308 e. The van der Waals surface area contributed by atoms with Gasteiger partial charge < -0.3 is 10.8 Å². The van der Waals surface area contributed by atoms with E-state index in [2.05, 4.69) is 0 Å². The number of Topliss-reactive ketones (excluding diaryl/α,β-unsaturated/α-hetero) is 1. The Morgan fingerprint density at radius 1 is 1.57 bits per heavy atom. The zero-order valence-corrected chi connectivity index (χ0v) is 8.88. The fourth-order valence-electron chi connectivity index (χ4n) is 2.46. The number of hydrogen-bond donors (Lipinski definition) is 2. The summed E-state index contributed by atoms with van der Waals surface area (Å²) in [6.07, 6.45) is 0. The molecule has 4 nitrogen and oxygen atoms in total. The van der Waals surface area contributed by atoms with Crippen molar-refractivity contribution in [2.75, 3.05) is 0 Å². The number of fused-ring (bicyclic) bond motifs is 1. The Hall–Kier alpha value is -0.550. The molecule has 4 unspecified atom stereocenters. The zero-order chi connectivity index (χ0) is 10.7. The van der Waals surface area contributed by atoms with E-state index in [1.807, 2.05) is 13.8 Å². The van der Waals surface area contributed by atoms with Gasteiger partial charge in [-0.3, -0.25) is 9.59 Å². The highest BCUT2D eigenvalue weighted by molar-refractivity contribution is 8.01. The predicted octanol–water partition coefficient (Wildman–Crippen LogP) is 0.107. The predicted molar refractivity (Wildman–Crippen MR) is 53.1 cm³/mol. The molecule has 0 radical (unpaired) electrons. The normalized spacial score (nSPS) is 44.4. The molecule has 0 aromatic carbocycles. The average molecular weight is 215 g/mol. The maximum atomic E-state index is 11.4. The Morgan fingerprint density at radius 2 is 2.14 bits per heavy atom. The lowest BCUT2D eigenvalue weighted by atomic mass is 9.68. The van der Waals surface area contributed by atoms with Crippen molar-refractivity contribution in [3.63, 3.8) is 0 Å². The minimum Gasteiger partial charge on any atom is -0.481 e. The van der Waals surface area contributed by atoms with Crippen molar-refractivity contribution in [3.05, 3.63) is 0 Å². The molecule has 2 fully saturated rings. The van der Waals surface area contributed by atoms with Crippen LogP contribution >= 0.6 is 11.8 Å². The van der Waals surface area contributed by atoms with Crippen molar-refractivity contribution in [2.24, 2.45) is 17.6 Å². The summed E-state index contributed by atoms with van der Waals surface area (Å²) in [5, 5.41) is 9.08. The first-order valence-corrected chi connectivity index (χ1v) is 5.44. The third kappa shape index (κ3) is 1.05. The Labute approximate surface area is 86.2 Å². The molecule has 1 aliphatic heterocycles. The van der Waals surface area contributed by atoms with Crippen molar-refractivity contribution in [3.8, 4) is 0 Å². The van der Waals surface area contributed by atoms with Crippen molar-refractivity contribution in [1.29, 1.82) is 0 Å². The van der Waals surface area contributed by atoms with Gasteiger partial charge >= 0.3 is 5.97 Å². The lowest BCUT2D eigenvalue weighted by Gasteiger charge is -2.36. The van der Waals surface area contributed by atoms with Crippen LogP contribution in [0.25, 0.3) is 0 Å². The molecule has 0 aromatic rings. The molecular weight excluding hydrogens is 202 g/mol. The van der Waals surface area contributed by atoms with Crippen LogP contribution in [0, 0.1) is 11.8 Å². The molecule has 5 heteroatoms. The van der Waals surface area contributed by atoms with Crippen LogP contribution in [0.1, 0.15) is 13.8 Å². The molecular formula is C9H13NO3S. The van der Waals surface area contributed by atoms with E-state index >= 15 is 0 Å². The van der Waals surface area contributed by atoms with E-state index in [1.165, 1.54) is 11.8 Å². The first-order valence-electron chi connectivity index (χ1n) is 4.56. The molecule has 1 heterocycles. The zero-order valence-electron chi connectivity index (χ0n) is 8.06. The number of carbonyl (C=O) groups excluding carboxylic acids is 1. The van der Waals surface area contributed by atoms with Gasteiger partial charge in [0.1, 0.15) is 0 Å². The summed E-state index contributed by atoms with van der Waals surface area (Å²) in [6.45, 7) is 3.74. The van der Waals surface area contributed by atoms with E-state index < -0.39 is 17.9 Å². The summed E-state index contributed by atoms with van der Waals surface area (Å²) in [7, 11) is 0. The standard InChI is InChI=1S/C9H13NO3S/c1-9(2)4(8(12)13)3-6(11)5(10)7(3)14-9/h3-5,7H,10H2,1-2H3,(H,12,13). The summed E-state index contributed by atoms with van der Waals surface area (Å²) in [4.78, 5) is 22.5. The van der Waals surface area contributed by atoms with Crippen LogP contribution in [-0.2, 0) is 9.59 Å². The van der Waals surface area contributed by atoms with Crippen molar-refractivity contribution < 1.29 is 14.7 Å². The summed E-state index contributed by atoms with van der Waals surface area (Å²) in [6, 6.07) is -0.450. The average Bonchev–Trinajstić information content (AvgIpc) is 2.34. The summed E-state index contributed by atoms with van der Waals surface area (Å²) in [5.74, 6) is -1.90. The number of thioether (sulfide) groups is 1. The van der Waals surface area contributed by atoms with Crippen LogP contribution in [-0.4, -0.2) is 32.9 Å². The van der Waals surface area contributed by atoms with Gasteiger partial charge in [-0.05, 0) is 13.8 Å². The van der Waals surface area contributed by atoms with Crippen LogP contribution in [0.2, 0.25) is 0 Å². The summed E-state index contributed by atoms with van der Waals surface area (Å²) in [5.41, 5.74) is 5.63. The second-order valence-electron chi connectivity index (χ2n) is 4.46. The maximum Gasteiger partial charge on any atom is 0.308 e. The second-order valence-corrected chi connectivity index (χ2v) is 6.29. The van der Waals surface area contributed by atoms with Crippen molar-refractivity contribution in [2.45, 2.75) is 29.9 Å². The Kier molecular flexibility index (Phi) is 1.95. The lowest BCUT2D eigenvalue weighted by Crippen LogP contribution is -2.60. The topological polar surface area (TPSA) is 80.4 Å². The van der Waals surface area contributed by atoms with E-state index in [0.29, 0.717) is 0 Å². The van der Waals surface area contributed by atoms with Gasteiger partial charge in [-0.1, -0.05) is 0 Å². The Morgan fingerprint density at radius 3 is 2.64 bits per heavy atom. The number of ketones is 1. The second kappa shape index (κ2) is 2.73. The number of carboxylic acids is 1. The van der Waals surface area contributed by atoms with Crippen LogP contribution < -0.4 is 5.73 Å². The number of aliphatic carboxylic acids is 1. The van der Waals surface area contributed by atoms with Gasteiger partial charge in [0.25, 0.3) is 0 Å². The molecule has 2 rings (SSSR count). The monoisotopic (exact) mass is 215 g/mol. The molecule has 78 valence electrons. The highest BCUT2D eigenvalue weighted by Crippen LogP contribution is 2.57.